The molecular formula is C51H98O6Se3. The van der Waals surface area contributed by atoms with Crippen LogP contribution in [-0.4, -0.2) is 82.1 Å². The maximum absolute atomic E-state index is 12.8. The first-order chi connectivity index (χ1) is 29.5. The molecule has 0 bridgehead atoms. The minimum absolute atomic E-state index is 0.0394. The van der Waals surface area contributed by atoms with Crippen molar-refractivity contribution in [3.05, 3.63) is 0 Å². The smallest absolute Gasteiger partial charge is 0.0654 e. The summed E-state index contributed by atoms with van der Waals surface area (Å²) in [7, 11) is 0. The van der Waals surface area contributed by atoms with Crippen LogP contribution in [0.1, 0.15) is 252 Å². The first-order valence-corrected chi connectivity index (χ1v) is 33.0. The summed E-state index contributed by atoms with van der Waals surface area (Å²) >= 11 is 0.640. The number of unbranched alkanes of at least 4 members (excludes halogenated alkanes) is 33. The maximum atomic E-state index is 12.8. The van der Waals surface area contributed by atoms with Gasteiger partial charge in [0.05, 0.1) is 0 Å². The van der Waals surface area contributed by atoms with E-state index in [0.717, 1.165) is 16.0 Å². The third-order valence-electron chi connectivity index (χ3n) is 11.2. The molecule has 356 valence electrons. The monoisotopic (exact) mass is 1050 g/mol. The molecule has 0 amide bonds. The van der Waals surface area contributed by atoms with Crippen molar-refractivity contribution in [3.8, 4) is 0 Å². The van der Waals surface area contributed by atoms with Gasteiger partial charge in [-0.15, -0.1) is 0 Å². The van der Waals surface area contributed by atoms with E-state index in [-0.39, 0.29) is 76.0 Å². The van der Waals surface area contributed by atoms with E-state index < -0.39 is 6.10 Å². The summed E-state index contributed by atoms with van der Waals surface area (Å²) in [5.74, 6) is -0.732. The number of esters is 3. The Morgan fingerprint density at radius 3 is 0.783 bits per heavy atom. The summed E-state index contributed by atoms with van der Waals surface area (Å²) in [6.45, 7) is 6.74. The van der Waals surface area contributed by atoms with Gasteiger partial charge in [-0.25, -0.2) is 0 Å². The molecule has 0 N–H and O–H groups in total. The predicted octanol–water partition coefficient (Wildman–Crippen LogP) is 15.7. The number of carbonyl (C=O) groups is 3. The Hall–Kier alpha value is -0.0316. The minimum Gasteiger partial charge on any atom is -0.0654 e. The molecule has 60 heavy (non-hydrogen) atoms. The quantitative estimate of drug-likeness (QED) is 0.0261. The van der Waals surface area contributed by atoms with E-state index in [2.05, 4.69) is 20.8 Å². The summed E-state index contributed by atoms with van der Waals surface area (Å²) in [6, 6.07) is 0. The summed E-state index contributed by atoms with van der Waals surface area (Å²) in [5.41, 5.74) is 0. The van der Waals surface area contributed by atoms with Gasteiger partial charge in [-0.1, -0.05) is 40.0 Å². The van der Waals surface area contributed by atoms with Gasteiger partial charge in [0.25, 0.3) is 0 Å². The number of ether oxygens (including phenoxy) is 3. The van der Waals surface area contributed by atoms with Gasteiger partial charge in [0.1, 0.15) is 0 Å². The fourth-order valence-electron chi connectivity index (χ4n) is 7.39. The fraction of sp³-hybridized carbons (Fsp3) is 0.941. The standard InChI is InChI=1S/C51H98O6Se3/c1-4-7-10-13-16-19-22-25-28-31-34-37-40-58-45-49(52)55-43-48(57-51(54)47-60-42-39-36-33-30-27-24-21-18-15-12-9-6-3)44-56-50(53)46-59-41-38-35-32-29-26-23-20-17-14-11-8-5-2/h48H,4-47H2,1-3H3. The van der Waals surface area contributed by atoms with Crippen LogP contribution in [0.3, 0.4) is 0 Å². The Morgan fingerprint density at radius 2 is 0.533 bits per heavy atom. The fourth-order valence-corrected chi connectivity index (χ4v) is 12.4. The van der Waals surface area contributed by atoms with Crippen molar-refractivity contribution in [2.45, 2.75) is 290 Å². The second-order valence-corrected chi connectivity index (χ2v) is 24.3. The summed E-state index contributed by atoms with van der Waals surface area (Å²) in [6.07, 6.45) is 47.4. The molecule has 0 unspecified atom stereocenters. The molecule has 0 aliphatic carbocycles. The summed E-state index contributed by atoms with van der Waals surface area (Å²) in [4.78, 5) is 38.1. The molecule has 0 rings (SSSR count). The van der Waals surface area contributed by atoms with Crippen molar-refractivity contribution in [1.29, 1.82) is 0 Å². The second kappa shape index (κ2) is 51.6. The number of hydrogen-bond acceptors (Lipinski definition) is 6. The molecule has 0 saturated heterocycles. The molecule has 0 radical (unpaired) electrons. The third kappa shape index (κ3) is 49.0. The van der Waals surface area contributed by atoms with Gasteiger partial charge in [0.2, 0.25) is 0 Å². The molecule has 0 atom stereocenters. The Bertz CT molecular complexity index is 858. The van der Waals surface area contributed by atoms with Crippen molar-refractivity contribution in [1.82, 2.24) is 0 Å². The van der Waals surface area contributed by atoms with Crippen molar-refractivity contribution >= 4 is 62.8 Å². The van der Waals surface area contributed by atoms with Crippen molar-refractivity contribution in [3.63, 3.8) is 0 Å². The van der Waals surface area contributed by atoms with Gasteiger partial charge in [-0.05, 0) is 0 Å². The third-order valence-corrected chi connectivity index (χ3v) is 17.6. The van der Waals surface area contributed by atoms with Gasteiger partial charge in [-0.2, -0.15) is 0 Å². The molecule has 0 aliphatic rings. The number of hydrogen-bond donors (Lipinski definition) is 0. The summed E-state index contributed by atoms with van der Waals surface area (Å²) < 4.78 is 16.9. The van der Waals surface area contributed by atoms with Gasteiger partial charge < -0.3 is 0 Å². The van der Waals surface area contributed by atoms with Crippen molar-refractivity contribution in [2.24, 2.45) is 0 Å². The molecule has 0 aromatic carbocycles. The van der Waals surface area contributed by atoms with Crippen LogP contribution >= 0.6 is 0 Å². The van der Waals surface area contributed by atoms with Crippen LogP contribution in [0, 0.1) is 0 Å². The van der Waals surface area contributed by atoms with Crippen LogP contribution in [-0.2, 0) is 28.6 Å². The molecule has 0 aromatic heterocycles. The van der Waals surface area contributed by atoms with E-state index >= 15 is 0 Å². The molecule has 0 spiro atoms. The molecule has 0 aromatic rings. The molecule has 0 fully saturated rings. The van der Waals surface area contributed by atoms with Crippen LogP contribution in [0.15, 0.2) is 0 Å². The van der Waals surface area contributed by atoms with Crippen LogP contribution in [0.4, 0.5) is 0 Å². The van der Waals surface area contributed by atoms with Crippen molar-refractivity contribution in [2.75, 3.05) is 13.2 Å². The molecule has 0 aliphatic heterocycles. The van der Waals surface area contributed by atoms with Gasteiger partial charge in [-0.3, -0.25) is 0 Å². The van der Waals surface area contributed by atoms with E-state index in [1.165, 1.54) is 231 Å². The molecular weight excluding hydrogens is 945 g/mol. The zero-order valence-electron chi connectivity index (χ0n) is 39.9. The van der Waals surface area contributed by atoms with E-state index in [4.69, 9.17) is 14.2 Å². The molecule has 6 nitrogen and oxygen atoms in total. The number of rotatable bonds is 50. The Kier molecular flexibility index (Phi) is 51.6. The van der Waals surface area contributed by atoms with Crippen LogP contribution < -0.4 is 0 Å². The minimum atomic E-state index is -0.736. The Morgan fingerprint density at radius 1 is 0.317 bits per heavy atom. The Balaban J connectivity index is 4.30. The SMILES string of the molecule is CCCCCCCCCCCCCC[Se]CC(=O)OCC(COC(=O)C[Se]CCCCCCCCCCCCCC)OC(=O)C[Se]CCCCCCCCCCCCCC. The van der Waals surface area contributed by atoms with Gasteiger partial charge in [0.15, 0.2) is 0 Å². The first-order valence-electron chi connectivity index (χ1n) is 25.8. The van der Waals surface area contributed by atoms with E-state index in [9.17, 15) is 14.4 Å². The van der Waals surface area contributed by atoms with Crippen LogP contribution in [0.2, 0.25) is 31.9 Å². The summed E-state index contributed by atoms with van der Waals surface area (Å²) in [5, 5.41) is 4.56. The van der Waals surface area contributed by atoms with Crippen molar-refractivity contribution < 1.29 is 28.6 Å². The predicted molar refractivity (Wildman–Crippen MR) is 261 cm³/mol. The first kappa shape index (κ1) is 60.0. The zero-order valence-corrected chi connectivity index (χ0v) is 45.0. The number of carbonyl (C=O) groups excluding carboxylic acids is 3. The second-order valence-electron chi connectivity index (χ2n) is 17.3. The van der Waals surface area contributed by atoms with E-state index in [1.54, 1.807) is 0 Å². The van der Waals surface area contributed by atoms with Crippen LogP contribution in [0.5, 0.6) is 0 Å². The zero-order chi connectivity index (χ0) is 43.7. The van der Waals surface area contributed by atoms with Crippen LogP contribution in [0.25, 0.3) is 0 Å². The molecule has 0 saturated carbocycles. The molecule has 0 heterocycles. The topological polar surface area (TPSA) is 78.9 Å². The van der Waals surface area contributed by atoms with Gasteiger partial charge >= 0.3 is 354 Å². The average Bonchev–Trinajstić information content (AvgIpc) is 3.24. The van der Waals surface area contributed by atoms with E-state index in [0.29, 0.717) is 16.0 Å². The van der Waals surface area contributed by atoms with E-state index in [1.807, 2.05) is 0 Å². The normalized spacial score (nSPS) is 11.4. The molecule has 9 heteroatoms. The Labute approximate surface area is 392 Å². The van der Waals surface area contributed by atoms with Gasteiger partial charge in [0, 0.05) is 0 Å². The average molecular weight is 1040 g/mol.